The molecule has 0 atom stereocenters. The van der Waals surface area contributed by atoms with Crippen LogP contribution in [0, 0.1) is 17.5 Å². The first kappa shape index (κ1) is 17.3. The minimum absolute atomic E-state index is 0.0192. The number of benzene rings is 1. The van der Waals surface area contributed by atoms with Crippen molar-refractivity contribution in [2.45, 2.75) is 11.3 Å². The smallest absolute Gasteiger partial charge is 0.246 e. The van der Waals surface area contributed by atoms with Crippen LogP contribution in [0.1, 0.15) is 6.42 Å². The maximum atomic E-state index is 13.4. The second kappa shape index (κ2) is 7.87. The number of hydrogen-bond acceptors (Lipinski definition) is 4. The molecular formula is C11H14F3NO3S2. The third kappa shape index (κ3) is 4.97. The molecule has 2 N–H and O–H groups in total. The van der Waals surface area contributed by atoms with Crippen LogP contribution in [-0.2, 0) is 10.0 Å². The van der Waals surface area contributed by atoms with Crippen LogP contribution >= 0.6 is 11.8 Å². The highest BCUT2D eigenvalue weighted by atomic mass is 32.2. The van der Waals surface area contributed by atoms with Crippen molar-refractivity contribution in [2.24, 2.45) is 0 Å². The number of aliphatic hydroxyl groups is 1. The van der Waals surface area contributed by atoms with Gasteiger partial charge in [0.25, 0.3) is 0 Å². The van der Waals surface area contributed by atoms with Crippen LogP contribution in [0.4, 0.5) is 13.2 Å². The lowest BCUT2D eigenvalue weighted by atomic mass is 10.3. The predicted molar refractivity (Wildman–Crippen MR) is 70.5 cm³/mol. The van der Waals surface area contributed by atoms with Gasteiger partial charge in [0.1, 0.15) is 17.5 Å². The number of aliphatic hydroxyl groups excluding tert-OH is 1. The second-order valence-electron chi connectivity index (χ2n) is 3.79. The summed E-state index contributed by atoms with van der Waals surface area (Å²) in [5.74, 6) is -3.08. The largest absolute Gasteiger partial charge is 0.396 e. The van der Waals surface area contributed by atoms with Crippen LogP contribution in [0.5, 0.6) is 0 Å². The van der Waals surface area contributed by atoms with Gasteiger partial charge >= 0.3 is 0 Å². The minimum atomic E-state index is -4.36. The first-order valence-corrected chi connectivity index (χ1v) is 8.35. The molecule has 1 rings (SSSR count). The van der Waals surface area contributed by atoms with Crippen LogP contribution in [0.15, 0.2) is 17.0 Å². The summed E-state index contributed by atoms with van der Waals surface area (Å²) in [6.07, 6.45) is 0.582. The topological polar surface area (TPSA) is 66.4 Å². The fraction of sp³-hybridized carbons (Fsp3) is 0.455. The minimum Gasteiger partial charge on any atom is -0.396 e. The number of rotatable bonds is 8. The number of sulfonamides is 1. The van der Waals surface area contributed by atoms with E-state index in [0.29, 0.717) is 30.1 Å². The molecule has 0 amide bonds. The molecule has 0 radical (unpaired) electrons. The Morgan fingerprint density at radius 1 is 1.15 bits per heavy atom. The lowest BCUT2D eigenvalue weighted by molar-refractivity contribution is 0.296. The molecule has 0 saturated carbocycles. The van der Waals surface area contributed by atoms with E-state index in [2.05, 4.69) is 0 Å². The molecule has 0 unspecified atom stereocenters. The quantitative estimate of drug-likeness (QED) is 0.709. The molecule has 0 aliphatic rings. The van der Waals surface area contributed by atoms with E-state index in [4.69, 9.17) is 5.11 Å². The summed E-state index contributed by atoms with van der Waals surface area (Å²) in [7, 11) is -4.36. The Morgan fingerprint density at radius 3 is 2.30 bits per heavy atom. The van der Waals surface area contributed by atoms with Gasteiger partial charge in [0.2, 0.25) is 10.0 Å². The van der Waals surface area contributed by atoms with E-state index in [9.17, 15) is 21.6 Å². The standard InChI is InChI=1S/C11H14F3NO3S2/c12-8-6-9(13)11(10(14)7-8)20(17,18)15-2-5-19-4-1-3-16/h6-7,15-16H,1-5H2. The molecule has 0 heterocycles. The third-order valence-corrected chi connectivity index (χ3v) is 4.80. The third-order valence-electron chi connectivity index (χ3n) is 2.22. The monoisotopic (exact) mass is 329 g/mol. The Labute approximate surface area is 119 Å². The average molecular weight is 329 g/mol. The Hall–Kier alpha value is -0.770. The van der Waals surface area contributed by atoms with E-state index in [0.717, 1.165) is 0 Å². The van der Waals surface area contributed by atoms with Crippen molar-refractivity contribution in [3.63, 3.8) is 0 Å². The number of nitrogens with one attached hydrogen (secondary N) is 1. The van der Waals surface area contributed by atoms with Gasteiger partial charge in [-0.05, 0) is 12.2 Å². The highest BCUT2D eigenvalue weighted by Gasteiger charge is 2.24. The van der Waals surface area contributed by atoms with Crippen LogP contribution in [0.2, 0.25) is 0 Å². The molecule has 20 heavy (non-hydrogen) atoms. The van der Waals surface area contributed by atoms with E-state index >= 15 is 0 Å². The van der Waals surface area contributed by atoms with Gasteiger partial charge in [-0.15, -0.1) is 0 Å². The SMILES string of the molecule is O=S(=O)(NCCSCCCO)c1c(F)cc(F)cc1F. The van der Waals surface area contributed by atoms with E-state index in [-0.39, 0.29) is 13.2 Å². The molecular weight excluding hydrogens is 315 g/mol. The van der Waals surface area contributed by atoms with Gasteiger partial charge in [-0.2, -0.15) is 11.8 Å². The first-order chi connectivity index (χ1) is 9.38. The highest BCUT2D eigenvalue weighted by molar-refractivity contribution is 7.99. The molecule has 1 aromatic rings. The Balaban J connectivity index is 2.66. The summed E-state index contributed by atoms with van der Waals surface area (Å²) in [5.41, 5.74) is 0. The number of halogens is 3. The number of hydrogen-bond donors (Lipinski definition) is 2. The maximum Gasteiger partial charge on any atom is 0.246 e. The van der Waals surface area contributed by atoms with Gasteiger partial charge in [-0.1, -0.05) is 0 Å². The normalized spacial score (nSPS) is 11.8. The van der Waals surface area contributed by atoms with Crippen molar-refractivity contribution in [3.05, 3.63) is 29.6 Å². The first-order valence-electron chi connectivity index (χ1n) is 5.71. The fourth-order valence-electron chi connectivity index (χ4n) is 1.37. The van der Waals surface area contributed by atoms with Crippen molar-refractivity contribution in [3.8, 4) is 0 Å². The van der Waals surface area contributed by atoms with Crippen LogP contribution < -0.4 is 4.72 Å². The zero-order valence-electron chi connectivity index (χ0n) is 10.4. The van der Waals surface area contributed by atoms with Crippen molar-refractivity contribution < 1.29 is 26.7 Å². The summed E-state index contributed by atoms with van der Waals surface area (Å²) >= 11 is 1.39. The highest BCUT2D eigenvalue weighted by Crippen LogP contribution is 2.19. The molecule has 0 bridgehead atoms. The Kier molecular flexibility index (Phi) is 6.80. The van der Waals surface area contributed by atoms with Crippen molar-refractivity contribution >= 4 is 21.8 Å². The second-order valence-corrected chi connectivity index (χ2v) is 6.71. The zero-order chi connectivity index (χ0) is 15.2. The summed E-state index contributed by atoms with van der Waals surface area (Å²) in [6, 6.07) is 0.626. The molecule has 0 saturated heterocycles. The molecule has 4 nitrogen and oxygen atoms in total. The molecule has 0 aromatic heterocycles. The Morgan fingerprint density at radius 2 is 1.75 bits per heavy atom. The molecule has 0 aliphatic heterocycles. The van der Waals surface area contributed by atoms with Crippen molar-refractivity contribution in [2.75, 3.05) is 24.7 Å². The van der Waals surface area contributed by atoms with Gasteiger partial charge < -0.3 is 5.11 Å². The van der Waals surface area contributed by atoms with Gasteiger partial charge in [0, 0.05) is 31.0 Å². The molecule has 114 valence electrons. The summed E-state index contributed by atoms with van der Waals surface area (Å²) in [6.45, 7) is 0.0272. The molecule has 9 heteroatoms. The number of thioether (sulfide) groups is 1. The lowest BCUT2D eigenvalue weighted by Gasteiger charge is -2.08. The predicted octanol–water partition coefficient (Wildman–Crippen LogP) is 1.50. The van der Waals surface area contributed by atoms with E-state index < -0.39 is 32.4 Å². The maximum absolute atomic E-state index is 13.4. The van der Waals surface area contributed by atoms with E-state index in [1.54, 1.807) is 0 Å². The van der Waals surface area contributed by atoms with Crippen LogP contribution in [0.25, 0.3) is 0 Å². The molecule has 1 aromatic carbocycles. The zero-order valence-corrected chi connectivity index (χ0v) is 12.0. The van der Waals surface area contributed by atoms with Crippen LogP contribution in [0.3, 0.4) is 0 Å². The molecule has 0 spiro atoms. The average Bonchev–Trinajstić information content (AvgIpc) is 2.31. The van der Waals surface area contributed by atoms with Gasteiger partial charge in [0.05, 0.1) is 0 Å². The fourth-order valence-corrected chi connectivity index (χ4v) is 3.43. The molecule has 0 fully saturated rings. The van der Waals surface area contributed by atoms with E-state index in [1.807, 2.05) is 4.72 Å². The van der Waals surface area contributed by atoms with E-state index in [1.165, 1.54) is 11.8 Å². The summed E-state index contributed by atoms with van der Waals surface area (Å²) in [5, 5.41) is 8.55. The van der Waals surface area contributed by atoms with Gasteiger partial charge in [-0.25, -0.2) is 26.3 Å². The van der Waals surface area contributed by atoms with Gasteiger partial charge in [0.15, 0.2) is 4.90 Å². The van der Waals surface area contributed by atoms with Gasteiger partial charge in [-0.3, -0.25) is 0 Å². The summed E-state index contributed by atoms with van der Waals surface area (Å²) < 4.78 is 64.9. The Bertz CT molecular complexity index is 529. The van der Waals surface area contributed by atoms with Crippen LogP contribution in [-0.4, -0.2) is 38.2 Å². The van der Waals surface area contributed by atoms with Crippen molar-refractivity contribution in [1.82, 2.24) is 4.72 Å². The van der Waals surface area contributed by atoms with Crippen molar-refractivity contribution in [1.29, 1.82) is 0 Å². The summed E-state index contributed by atoms with van der Waals surface area (Å²) in [4.78, 5) is -1.18. The lowest BCUT2D eigenvalue weighted by Crippen LogP contribution is -2.28. The molecule has 0 aliphatic carbocycles.